The lowest BCUT2D eigenvalue weighted by Gasteiger charge is -2.10. The van der Waals surface area contributed by atoms with Crippen molar-refractivity contribution < 1.29 is 13.6 Å². The lowest BCUT2D eigenvalue weighted by atomic mass is 10.0. The van der Waals surface area contributed by atoms with Crippen molar-refractivity contribution in [2.24, 2.45) is 0 Å². The second-order valence-electron chi connectivity index (χ2n) is 3.39. The molecule has 0 aromatic heterocycles. The van der Waals surface area contributed by atoms with Gasteiger partial charge in [0.1, 0.15) is 5.78 Å². The SMILES string of the molecule is CC(=O)C(Br)c1ccc(C(F)F)c(C)c1. The minimum absolute atomic E-state index is 0.0157. The summed E-state index contributed by atoms with van der Waals surface area (Å²) >= 11 is 3.21. The fourth-order valence-corrected chi connectivity index (χ4v) is 1.62. The second kappa shape index (κ2) is 4.84. The predicted molar refractivity (Wildman–Crippen MR) is 58.5 cm³/mol. The van der Waals surface area contributed by atoms with Crippen LogP contribution in [-0.2, 0) is 4.79 Å². The van der Waals surface area contributed by atoms with E-state index in [0.29, 0.717) is 11.1 Å². The van der Waals surface area contributed by atoms with Crippen LogP contribution in [0.1, 0.15) is 34.9 Å². The third-order valence-corrected chi connectivity index (χ3v) is 3.35. The van der Waals surface area contributed by atoms with E-state index in [1.165, 1.54) is 13.0 Å². The summed E-state index contributed by atoms with van der Waals surface area (Å²) in [6.07, 6.45) is -2.47. The average Bonchev–Trinajstić information content (AvgIpc) is 2.15. The van der Waals surface area contributed by atoms with Gasteiger partial charge in [0.05, 0.1) is 4.83 Å². The molecule has 1 atom stereocenters. The largest absolute Gasteiger partial charge is 0.298 e. The van der Waals surface area contributed by atoms with Crippen LogP contribution >= 0.6 is 15.9 Å². The van der Waals surface area contributed by atoms with E-state index in [-0.39, 0.29) is 11.3 Å². The fourth-order valence-electron chi connectivity index (χ4n) is 1.34. The summed E-state index contributed by atoms with van der Waals surface area (Å²) in [7, 11) is 0. The molecule has 0 saturated heterocycles. The van der Waals surface area contributed by atoms with Gasteiger partial charge in [-0.2, -0.15) is 0 Å². The molecule has 0 fully saturated rings. The van der Waals surface area contributed by atoms with Crippen LogP contribution in [0.4, 0.5) is 8.78 Å². The van der Waals surface area contributed by atoms with Gasteiger partial charge in [0.2, 0.25) is 0 Å². The van der Waals surface area contributed by atoms with Gasteiger partial charge < -0.3 is 0 Å². The van der Waals surface area contributed by atoms with Crippen molar-refractivity contribution >= 4 is 21.7 Å². The number of carbonyl (C=O) groups excluding carboxylic acids is 1. The number of hydrogen-bond acceptors (Lipinski definition) is 1. The van der Waals surface area contributed by atoms with Crippen molar-refractivity contribution in [1.29, 1.82) is 0 Å². The zero-order chi connectivity index (χ0) is 11.6. The maximum atomic E-state index is 12.4. The Hall–Kier alpha value is -0.770. The molecule has 0 radical (unpaired) electrons. The minimum atomic E-state index is -2.47. The van der Waals surface area contributed by atoms with Gasteiger partial charge in [-0.05, 0) is 25.0 Å². The average molecular weight is 277 g/mol. The van der Waals surface area contributed by atoms with Crippen molar-refractivity contribution in [3.63, 3.8) is 0 Å². The van der Waals surface area contributed by atoms with Gasteiger partial charge in [-0.3, -0.25) is 4.79 Å². The van der Waals surface area contributed by atoms with Gasteiger partial charge in [-0.1, -0.05) is 34.1 Å². The van der Waals surface area contributed by atoms with E-state index in [1.54, 1.807) is 19.1 Å². The van der Waals surface area contributed by atoms with Gasteiger partial charge in [-0.25, -0.2) is 8.78 Å². The Balaban J connectivity index is 3.06. The monoisotopic (exact) mass is 276 g/mol. The molecule has 15 heavy (non-hydrogen) atoms. The summed E-state index contributed by atoms with van der Waals surface area (Å²) in [5.41, 5.74) is 1.24. The van der Waals surface area contributed by atoms with Crippen LogP contribution in [0.5, 0.6) is 0 Å². The predicted octanol–water partition coefficient (Wildman–Crippen LogP) is 3.96. The standard InChI is InChI=1S/C11H11BrF2O/c1-6-5-8(10(12)7(2)15)3-4-9(6)11(13)14/h3-5,10-11H,1-2H3. The smallest absolute Gasteiger partial charge is 0.264 e. The van der Waals surface area contributed by atoms with Crippen LogP contribution < -0.4 is 0 Å². The first-order valence-electron chi connectivity index (χ1n) is 4.46. The van der Waals surface area contributed by atoms with E-state index < -0.39 is 11.3 Å². The molecule has 1 unspecified atom stereocenters. The van der Waals surface area contributed by atoms with E-state index >= 15 is 0 Å². The number of hydrogen-bond donors (Lipinski definition) is 0. The number of halogens is 3. The zero-order valence-corrected chi connectivity index (χ0v) is 10.0. The maximum absolute atomic E-state index is 12.4. The summed E-state index contributed by atoms with van der Waals surface area (Å²) < 4.78 is 24.9. The topological polar surface area (TPSA) is 17.1 Å². The first-order chi connectivity index (χ1) is 6.93. The van der Waals surface area contributed by atoms with E-state index in [2.05, 4.69) is 15.9 Å². The van der Waals surface area contributed by atoms with Crippen molar-refractivity contribution in [2.75, 3.05) is 0 Å². The Kier molecular flexibility index (Phi) is 3.97. The molecular formula is C11H11BrF2O. The van der Waals surface area contributed by atoms with E-state index in [1.807, 2.05) is 0 Å². The molecule has 0 heterocycles. The number of carbonyl (C=O) groups is 1. The summed E-state index contributed by atoms with van der Waals surface area (Å²) in [4.78, 5) is 10.7. The van der Waals surface area contributed by atoms with E-state index in [9.17, 15) is 13.6 Å². The number of rotatable bonds is 3. The Labute approximate surface area is 95.6 Å². The number of ketones is 1. The van der Waals surface area contributed by atoms with E-state index in [0.717, 1.165) is 0 Å². The molecule has 0 bridgehead atoms. The van der Waals surface area contributed by atoms with Crippen molar-refractivity contribution in [3.8, 4) is 0 Å². The summed E-state index contributed by atoms with van der Waals surface area (Å²) in [6, 6.07) is 4.53. The molecule has 0 amide bonds. The van der Waals surface area contributed by atoms with Crippen LogP contribution in [0.25, 0.3) is 0 Å². The maximum Gasteiger partial charge on any atom is 0.264 e. The summed E-state index contributed by atoms with van der Waals surface area (Å²) in [5.74, 6) is -0.0424. The van der Waals surface area contributed by atoms with Crippen LogP contribution in [0, 0.1) is 6.92 Å². The molecule has 1 rings (SSSR count). The second-order valence-corrected chi connectivity index (χ2v) is 4.31. The number of benzene rings is 1. The Morgan fingerprint density at radius 1 is 1.40 bits per heavy atom. The molecular weight excluding hydrogens is 266 g/mol. The number of alkyl halides is 3. The van der Waals surface area contributed by atoms with E-state index in [4.69, 9.17) is 0 Å². The summed E-state index contributed by atoms with van der Waals surface area (Å²) in [5, 5.41) is 0. The van der Waals surface area contributed by atoms with Crippen LogP contribution in [0.3, 0.4) is 0 Å². The van der Waals surface area contributed by atoms with Crippen molar-refractivity contribution in [2.45, 2.75) is 25.1 Å². The highest BCUT2D eigenvalue weighted by atomic mass is 79.9. The summed E-state index contributed by atoms with van der Waals surface area (Å²) in [6.45, 7) is 3.07. The molecule has 1 nitrogen and oxygen atoms in total. The van der Waals surface area contributed by atoms with Gasteiger partial charge in [0.25, 0.3) is 6.43 Å². The highest BCUT2D eigenvalue weighted by Crippen LogP contribution is 2.29. The molecule has 0 spiro atoms. The molecule has 0 N–H and O–H groups in total. The first kappa shape index (κ1) is 12.3. The molecule has 82 valence electrons. The van der Waals surface area contributed by atoms with Crippen LogP contribution in [0.2, 0.25) is 0 Å². The lowest BCUT2D eigenvalue weighted by molar-refractivity contribution is -0.116. The Morgan fingerprint density at radius 2 is 2.00 bits per heavy atom. The van der Waals surface area contributed by atoms with Crippen LogP contribution in [0.15, 0.2) is 18.2 Å². The highest BCUT2D eigenvalue weighted by Gasteiger charge is 2.16. The molecule has 0 aliphatic carbocycles. The number of Topliss-reactive ketones (excluding diaryl/α,β-unsaturated/α-hetero) is 1. The van der Waals surface area contributed by atoms with Gasteiger partial charge in [0.15, 0.2) is 0 Å². The number of aryl methyl sites for hydroxylation is 1. The van der Waals surface area contributed by atoms with Gasteiger partial charge >= 0.3 is 0 Å². The molecule has 1 aromatic carbocycles. The van der Waals surface area contributed by atoms with Crippen molar-refractivity contribution in [3.05, 3.63) is 34.9 Å². The highest BCUT2D eigenvalue weighted by molar-refractivity contribution is 9.09. The first-order valence-corrected chi connectivity index (χ1v) is 5.38. The third-order valence-electron chi connectivity index (χ3n) is 2.18. The quantitative estimate of drug-likeness (QED) is 0.764. The molecule has 1 aromatic rings. The Morgan fingerprint density at radius 3 is 2.40 bits per heavy atom. The molecule has 0 saturated carbocycles. The molecule has 0 aliphatic rings. The lowest BCUT2D eigenvalue weighted by Crippen LogP contribution is -2.02. The van der Waals surface area contributed by atoms with Gasteiger partial charge in [-0.15, -0.1) is 0 Å². The minimum Gasteiger partial charge on any atom is -0.298 e. The van der Waals surface area contributed by atoms with Crippen molar-refractivity contribution in [1.82, 2.24) is 0 Å². The zero-order valence-electron chi connectivity index (χ0n) is 8.43. The Bertz CT molecular complexity index is 377. The molecule has 0 aliphatic heterocycles. The normalized spacial score (nSPS) is 12.9. The van der Waals surface area contributed by atoms with Crippen LogP contribution in [-0.4, -0.2) is 5.78 Å². The molecule has 4 heteroatoms. The van der Waals surface area contributed by atoms with Gasteiger partial charge in [0, 0.05) is 5.56 Å². The fraction of sp³-hybridized carbons (Fsp3) is 0.364. The third kappa shape index (κ3) is 2.84.